The second kappa shape index (κ2) is 60.7. The van der Waals surface area contributed by atoms with E-state index in [1.54, 1.807) is 6.92 Å². The van der Waals surface area contributed by atoms with Crippen LogP contribution in [-0.2, 0) is 52.7 Å². The monoisotopic (exact) mass is 1570 g/mol. The number of hydrogen-bond acceptors (Lipinski definition) is 15. The lowest BCUT2D eigenvalue weighted by Crippen LogP contribution is -2.46. The summed E-state index contributed by atoms with van der Waals surface area (Å²) in [5.41, 5.74) is 6.19. The smallest absolute Gasteiger partial charge is 0.312 e. The molecule has 20 heteroatoms. The normalized spacial score (nSPS) is 14.6. The Bertz CT molecular complexity index is 2690. The van der Waals surface area contributed by atoms with Gasteiger partial charge in [-0.25, -0.2) is 4.79 Å². The minimum Gasteiger partial charge on any atom is -0.356 e. The van der Waals surface area contributed by atoms with Gasteiger partial charge in [-0.15, -0.1) is 0 Å². The predicted molar refractivity (Wildman–Crippen MR) is 459 cm³/mol. The SMILES string of the molecule is CC(=O)NCCCC(CC(=O)C(NC(C)C)C(C)C)C(=O)C(C)C.CC(C)CC(C(=O)NC(C)C(=O)C(C)C)C(C)C.CC(C)CC(C(=O)NC(CCCNC(N)=O)C(=O)C(C)C)C(C)C.CC(C)NC(C(=O)CC(C)C(=O)C(C)C)C(C)C.CCCCCC(CC(=O)C(NC(C)C)C(C)c1ccccc1)C(=O)C(C)C. The fraction of sp³-hybridized carbons (Fsp3) is 0.802. The summed E-state index contributed by atoms with van der Waals surface area (Å²) in [5.74, 6) is 1.93. The molecule has 644 valence electrons. The van der Waals surface area contributed by atoms with Crippen LogP contribution in [-0.4, -0.2) is 131 Å². The lowest BCUT2D eigenvalue weighted by Gasteiger charge is -2.28. The quantitative estimate of drug-likeness (QED) is 0.0281. The number of ketones is 8. The third-order valence-electron chi connectivity index (χ3n) is 19.7. The molecule has 0 saturated carbocycles. The largest absolute Gasteiger partial charge is 0.356 e. The van der Waals surface area contributed by atoms with Crippen molar-refractivity contribution in [1.29, 1.82) is 0 Å². The molecule has 111 heavy (non-hydrogen) atoms. The van der Waals surface area contributed by atoms with Gasteiger partial charge >= 0.3 is 6.03 Å². The average Bonchev–Trinajstić information content (AvgIpc) is 0.849. The molecule has 0 saturated heterocycles. The van der Waals surface area contributed by atoms with Gasteiger partial charge in [0, 0.05) is 122 Å². The van der Waals surface area contributed by atoms with Gasteiger partial charge in [-0.2, -0.15) is 0 Å². The van der Waals surface area contributed by atoms with Crippen molar-refractivity contribution < 1.29 is 57.5 Å². The number of carbonyl (C=O) groups is 12. The zero-order valence-corrected chi connectivity index (χ0v) is 76.4. The Morgan fingerprint density at radius 2 is 0.739 bits per heavy atom. The van der Waals surface area contributed by atoms with Gasteiger partial charge in [-0.1, -0.05) is 264 Å². The Morgan fingerprint density at radius 1 is 0.378 bits per heavy atom. The van der Waals surface area contributed by atoms with Crippen molar-refractivity contribution >= 4 is 70.0 Å². The van der Waals surface area contributed by atoms with Crippen LogP contribution in [0, 0.1) is 94.7 Å². The van der Waals surface area contributed by atoms with E-state index in [9.17, 15) is 57.5 Å². The standard InChI is InChI=1S/C24H39NO2.C19H36N2O3.C18H35N3O3.2C15H29NO2/c1-7-8-10-15-21(24(27)17(2)3)16-22(26)23(25-18(4)5)19(6)20-13-11-9-12-14-20;1-12(2)18(21-14(5)6)17(23)11-16(19(24)13(3)4)9-8-10-20-15(7)22;1-11(2)10-14(12(3)4)17(23)21-15(16(22)13(5)6)8-7-9-20-18(19)24;1-9(2)14(16-11(5)6)13(17)8-12(7)15(18)10(3)4;1-9(2)8-13(10(3)4)15(18)16-12(7)14(17)11(5)6/h9,11-14,17-19,21,23,25H,7-8,10,15-16H2,1-6H3;12-14,16,18,21H,8-11H2,1-7H3,(H,20,22);11-15H,7-10H2,1-6H3,(H,21,23)(H3,19,20,24);9-12,14,16H,8H2,1-7H3;9-13H,8H2,1-7H3,(H,16,18). The van der Waals surface area contributed by atoms with E-state index in [1.165, 1.54) is 6.92 Å². The van der Waals surface area contributed by atoms with E-state index in [0.717, 1.165) is 44.1 Å². The molecule has 20 nitrogen and oxygen atoms in total. The molecule has 0 fully saturated rings. The number of unbranched alkanes of at least 4 members (excludes halogenated alkanes) is 2. The van der Waals surface area contributed by atoms with E-state index < -0.39 is 12.1 Å². The van der Waals surface area contributed by atoms with Crippen molar-refractivity contribution in [2.24, 2.45) is 100 Å². The molecule has 0 heterocycles. The second-order valence-electron chi connectivity index (χ2n) is 36.0. The van der Waals surface area contributed by atoms with E-state index in [1.807, 2.05) is 164 Å². The molecule has 11 unspecified atom stereocenters. The van der Waals surface area contributed by atoms with Crippen LogP contribution in [0.4, 0.5) is 4.79 Å². The maximum atomic E-state index is 13.2. The molecule has 0 aliphatic carbocycles. The van der Waals surface area contributed by atoms with E-state index in [2.05, 4.69) is 119 Å². The van der Waals surface area contributed by atoms with Gasteiger partial charge in [0.25, 0.3) is 0 Å². The summed E-state index contributed by atoms with van der Waals surface area (Å²) in [6, 6.07) is 8.77. The van der Waals surface area contributed by atoms with Crippen molar-refractivity contribution in [2.75, 3.05) is 13.1 Å². The molecule has 0 bridgehead atoms. The molecule has 1 rings (SSSR count). The molecular formula is C91H168N8O12. The first-order valence-corrected chi connectivity index (χ1v) is 42.7. The van der Waals surface area contributed by atoms with E-state index in [0.29, 0.717) is 69.4 Å². The van der Waals surface area contributed by atoms with Crippen LogP contribution in [0.1, 0.15) is 323 Å². The summed E-state index contributed by atoms with van der Waals surface area (Å²) in [4.78, 5) is 146. The highest BCUT2D eigenvalue weighted by molar-refractivity contribution is 5.94. The number of nitrogens with two attached hydrogens (primary N) is 1. The number of carbonyl (C=O) groups excluding carboxylic acids is 12. The molecule has 9 N–H and O–H groups in total. The van der Waals surface area contributed by atoms with Gasteiger partial charge in [-0.05, 0) is 92.9 Å². The molecule has 0 aliphatic heterocycles. The van der Waals surface area contributed by atoms with Crippen LogP contribution >= 0.6 is 0 Å². The highest BCUT2D eigenvalue weighted by atomic mass is 16.2. The van der Waals surface area contributed by atoms with Crippen molar-refractivity contribution in [1.82, 2.24) is 37.2 Å². The molecule has 0 radical (unpaired) electrons. The topological polar surface area (TPSA) is 315 Å². The Hall–Kier alpha value is -5.86. The fourth-order valence-corrected chi connectivity index (χ4v) is 13.3. The molecule has 5 amide bonds. The van der Waals surface area contributed by atoms with Gasteiger partial charge in [0.2, 0.25) is 17.7 Å². The summed E-state index contributed by atoms with van der Waals surface area (Å²) in [6.07, 6.45) is 9.15. The summed E-state index contributed by atoms with van der Waals surface area (Å²) in [6.45, 7) is 66.0. The zero-order chi connectivity index (χ0) is 87.0. The van der Waals surface area contributed by atoms with Crippen molar-refractivity contribution in [3.8, 4) is 0 Å². The highest BCUT2D eigenvalue weighted by Crippen LogP contribution is 2.28. The molecule has 0 aliphatic rings. The van der Waals surface area contributed by atoms with Crippen molar-refractivity contribution in [3.63, 3.8) is 0 Å². The Labute approximate surface area is 677 Å². The van der Waals surface area contributed by atoms with Crippen molar-refractivity contribution in [3.05, 3.63) is 35.9 Å². The molecule has 1 aromatic rings. The van der Waals surface area contributed by atoms with E-state index in [4.69, 9.17) is 5.73 Å². The lowest BCUT2D eigenvalue weighted by molar-refractivity contribution is -0.132. The first-order valence-electron chi connectivity index (χ1n) is 42.7. The van der Waals surface area contributed by atoms with Crippen LogP contribution in [0.2, 0.25) is 0 Å². The van der Waals surface area contributed by atoms with E-state index in [-0.39, 0.29) is 196 Å². The second-order valence-corrected chi connectivity index (χ2v) is 36.0. The number of amides is 5. The summed E-state index contributed by atoms with van der Waals surface area (Å²) in [7, 11) is 0. The Kier molecular flexibility index (Phi) is 60.9. The summed E-state index contributed by atoms with van der Waals surface area (Å²) >= 11 is 0. The predicted octanol–water partition coefficient (Wildman–Crippen LogP) is 16.6. The van der Waals surface area contributed by atoms with Gasteiger partial charge in [0.15, 0.2) is 28.9 Å². The molecule has 0 spiro atoms. The number of rotatable bonds is 51. The highest BCUT2D eigenvalue weighted by Gasteiger charge is 2.35. The maximum absolute atomic E-state index is 13.2. The van der Waals surface area contributed by atoms with Gasteiger partial charge in [0.05, 0.1) is 30.2 Å². The number of benzene rings is 1. The first kappa shape index (κ1) is 111. The van der Waals surface area contributed by atoms with Crippen LogP contribution in [0.25, 0.3) is 0 Å². The fourth-order valence-electron chi connectivity index (χ4n) is 13.3. The van der Waals surface area contributed by atoms with Gasteiger partial charge < -0.3 is 43.0 Å². The Balaban J connectivity index is -0.000000650. The molecular weight excluding hydrogens is 1400 g/mol. The number of urea groups is 1. The number of hydrogen-bond donors (Lipinski definition) is 8. The van der Waals surface area contributed by atoms with Gasteiger partial charge in [-0.3, -0.25) is 52.7 Å². The third-order valence-corrected chi connectivity index (χ3v) is 19.7. The Morgan fingerprint density at radius 3 is 1.09 bits per heavy atom. The average molecular weight is 1570 g/mol. The molecule has 1 aromatic carbocycles. The third kappa shape index (κ3) is 51.6. The molecule has 0 aromatic heterocycles. The first-order chi connectivity index (χ1) is 51.2. The number of primary amides is 1. The summed E-state index contributed by atoms with van der Waals surface area (Å²) < 4.78 is 0. The zero-order valence-electron chi connectivity index (χ0n) is 76.4. The van der Waals surface area contributed by atoms with Crippen LogP contribution in [0.5, 0.6) is 0 Å². The van der Waals surface area contributed by atoms with Crippen LogP contribution in [0.3, 0.4) is 0 Å². The van der Waals surface area contributed by atoms with E-state index >= 15 is 0 Å². The number of Topliss-reactive ketones (excluding diaryl/α,β-unsaturated/α-hetero) is 8. The van der Waals surface area contributed by atoms with Crippen LogP contribution in [0.15, 0.2) is 30.3 Å². The minimum absolute atomic E-state index is 0.00311. The van der Waals surface area contributed by atoms with Crippen molar-refractivity contribution in [2.45, 2.75) is 366 Å². The van der Waals surface area contributed by atoms with Crippen LogP contribution < -0.4 is 43.0 Å². The molecule has 11 atom stereocenters. The maximum Gasteiger partial charge on any atom is 0.312 e. The number of nitrogens with one attached hydrogen (secondary N) is 7. The lowest BCUT2D eigenvalue weighted by atomic mass is 9.82. The van der Waals surface area contributed by atoms with Gasteiger partial charge in [0.1, 0.15) is 17.3 Å². The minimum atomic E-state index is -0.581. The summed E-state index contributed by atoms with van der Waals surface area (Å²) in [5, 5.41) is 21.1.